The van der Waals surface area contributed by atoms with E-state index >= 15 is 0 Å². The summed E-state index contributed by atoms with van der Waals surface area (Å²) < 4.78 is 24.7. The molecule has 0 spiro atoms. The Hall–Kier alpha value is -2.33. The van der Waals surface area contributed by atoms with Crippen molar-refractivity contribution in [3.05, 3.63) is 41.6 Å². The highest BCUT2D eigenvalue weighted by atomic mass is 32.2. The lowest BCUT2D eigenvalue weighted by Gasteiger charge is -2.08. The number of aryl methyl sites for hydroxylation is 1. The SMILES string of the molecule is Cc1cc(NCC2CCS(=O)(=O)C2)nn1-c1cccc(C#N)c1. The molecule has 1 aromatic carbocycles. The van der Waals surface area contributed by atoms with Crippen LogP contribution in [-0.2, 0) is 9.84 Å². The van der Waals surface area contributed by atoms with Crippen LogP contribution >= 0.6 is 0 Å². The van der Waals surface area contributed by atoms with E-state index in [9.17, 15) is 8.42 Å². The van der Waals surface area contributed by atoms with Crippen LogP contribution in [0.2, 0.25) is 0 Å². The van der Waals surface area contributed by atoms with Gasteiger partial charge in [0.1, 0.15) is 5.82 Å². The molecule has 0 aliphatic carbocycles. The van der Waals surface area contributed by atoms with Crippen molar-refractivity contribution < 1.29 is 8.42 Å². The van der Waals surface area contributed by atoms with E-state index < -0.39 is 9.84 Å². The lowest BCUT2D eigenvalue weighted by atomic mass is 10.1. The van der Waals surface area contributed by atoms with E-state index in [2.05, 4.69) is 16.5 Å². The van der Waals surface area contributed by atoms with Gasteiger partial charge in [-0.3, -0.25) is 0 Å². The number of nitrogens with one attached hydrogen (secondary N) is 1. The Kier molecular flexibility index (Phi) is 4.09. The first-order valence-electron chi connectivity index (χ1n) is 7.48. The Balaban J connectivity index is 1.72. The summed E-state index contributed by atoms with van der Waals surface area (Å²) >= 11 is 0. The largest absolute Gasteiger partial charge is 0.368 e. The minimum absolute atomic E-state index is 0.146. The molecule has 23 heavy (non-hydrogen) atoms. The third kappa shape index (κ3) is 3.54. The lowest BCUT2D eigenvalue weighted by molar-refractivity contribution is 0.595. The smallest absolute Gasteiger partial charge is 0.150 e. The first kappa shape index (κ1) is 15.6. The molecule has 2 aromatic rings. The van der Waals surface area contributed by atoms with Crippen LogP contribution in [0.4, 0.5) is 5.82 Å². The van der Waals surface area contributed by atoms with Gasteiger partial charge in [0.05, 0.1) is 28.8 Å². The third-order valence-electron chi connectivity index (χ3n) is 4.01. The van der Waals surface area contributed by atoms with Crippen LogP contribution in [0.5, 0.6) is 0 Å². The van der Waals surface area contributed by atoms with Crippen molar-refractivity contribution in [2.24, 2.45) is 5.92 Å². The average Bonchev–Trinajstić information content (AvgIpc) is 3.07. The van der Waals surface area contributed by atoms with E-state index in [1.165, 1.54) is 0 Å². The highest BCUT2D eigenvalue weighted by Gasteiger charge is 2.27. The summed E-state index contributed by atoms with van der Waals surface area (Å²) in [6.07, 6.45) is 0.708. The van der Waals surface area contributed by atoms with Crippen molar-refractivity contribution in [1.29, 1.82) is 5.26 Å². The van der Waals surface area contributed by atoms with Gasteiger partial charge in [-0.25, -0.2) is 13.1 Å². The second kappa shape index (κ2) is 6.05. The van der Waals surface area contributed by atoms with Gasteiger partial charge in [0, 0.05) is 18.3 Å². The zero-order valence-electron chi connectivity index (χ0n) is 12.9. The summed E-state index contributed by atoms with van der Waals surface area (Å²) in [6.45, 7) is 2.55. The Morgan fingerprint density at radius 3 is 2.96 bits per heavy atom. The fourth-order valence-electron chi connectivity index (χ4n) is 2.81. The molecule has 1 aliphatic heterocycles. The second-order valence-electron chi connectivity index (χ2n) is 5.89. The van der Waals surface area contributed by atoms with E-state index in [0.29, 0.717) is 24.3 Å². The molecule has 0 radical (unpaired) electrons. The quantitative estimate of drug-likeness (QED) is 0.925. The summed E-state index contributed by atoms with van der Waals surface area (Å²) in [5.74, 6) is 1.40. The molecule has 1 saturated heterocycles. The molecule has 1 fully saturated rings. The topological polar surface area (TPSA) is 87.8 Å². The highest BCUT2D eigenvalue weighted by molar-refractivity contribution is 7.91. The molecular formula is C16H18N4O2S. The number of aromatic nitrogens is 2. The molecule has 0 amide bonds. The van der Waals surface area contributed by atoms with Crippen molar-refractivity contribution in [2.45, 2.75) is 13.3 Å². The molecule has 6 nitrogen and oxygen atoms in total. The molecule has 1 atom stereocenters. The van der Waals surface area contributed by atoms with Gasteiger partial charge in [0.2, 0.25) is 0 Å². The molecular weight excluding hydrogens is 312 g/mol. The van der Waals surface area contributed by atoms with Crippen molar-refractivity contribution in [2.75, 3.05) is 23.4 Å². The van der Waals surface area contributed by atoms with Gasteiger partial charge in [-0.2, -0.15) is 10.4 Å². The molecule has 3 rings (SSSR count). The first-order valence-corrected chi connectivity index (χ1v) is 9.30. The normalized spacial score (nSPS) is 19.4. The molecule has 120 valence electrons. The Bertz CT molecular complexity index is 864. The maximum Gasteiger partial charge on any atom is 0.150 e. The number of sulfone groups is 1. The van der Waals surface area contributed by atoms with Crippen LogP contribution in [-0.4, -0.2) is 36.2 Å². The molecule has 1 N–H and O–H groups in total. The Labute approximate surface area is 135 Å². The van der Waals surface area contributed by atoms with Gasteiger partial charge in [-0.05, 0) is 37.5 Å². The number of nitrogens with zero attached hydrogens (tertiary/aromatic N) is 3. The summed E-state index contributed by atoms with van der Waals surface area (Å²) in [5, 5.41) is 16.7. The van der Waals surface area contributed by atoms with Gasteiger partial charge in [0.15, 0.2) is 9.84 Å². The molecule has 0 bridgehead atoms. The van der Waals surface area contributed by atoms with E-state index in [0.717, 1.165) is 11.4 Å². The molecule has 0 saturated carbocycles. The second-order valence-corrected chi connectivity index (χ2v) is 8.12. The summed E-state index contributed by atoms with van der Waals surface area (Å²) in [7, 11) is -2.85. The van der Waals surface area contributed by atoms with E-state index in [4.69, 9.17) is 5.26 Å². The predicted octanol–water partition coefficient (Wildman–Crippen LogP) is 1.90. The Morgan fingerprint density at radius 1 is 1.43 bits per heavy atom. The van der Waals surface area contributed by atoms with Crippen LogP contribution in [0.3, 0.4) is 0 Å². The predicted molar refractivity (Wildman–Crippen MR) is 88.3 cm³/mol. The highest BCUT2D eigenvalue weighted by Crippen LogP contribution is 2.20. The number of hydrogen-bond donors (Lipinski definition) is 1. The van der Waals surface area contributed by atoms with Crippen molar-refractivity contribution in [1.82, 2.24) is 9.78 Å². The molecule has 1 aliphatic rings. The summed E-state index contributed by atoms with van der Waals surface area (Å²) in [4.78, 5) is 0. The third-order valence-corrected chi connectivity index (χ3v) is 5.84. The number of anilines is 1. The van der Waals surface area contributed by atoms with E-state index in [1.807, 2.05) is 25.1 Å². The minimum Gasteiger partial charge on any atom is -0.368 e. The maximum absolute atomic E-state index is 11.5. The van der Waals surface area contributed by atoms with Crippen LogP contribution in [0.15, 0.2) is 30.3 Å². The van der Waals surface area contributed by atoms with Crippen LogP contribution in [0, 0.1) is 24.2 Å². The minimum atomic E-state index is -2.85. The lowest BCUT2D eigenvalue weighted by Crippen LogP contribution is -2.16. The van der Waals surface area contributed by atoms with Gasteiger partial charge in [0.25, 0.3) is 0 Å². The standard InChI is InChI=1S/C16H18N4O2S/c1-12-7-16(18-10-14-5-6-23(21,22)11-14)19-20(12)15-4-2-3-13(8-15)9-17/h2-4,7-8,14H,5-6,10-11H2,1H3,(H,18,19). The monoisotopic (exact) mass is 330 g/mol. The summed E-state index contributed by atoms with van der Waals surface area (Å²) in [6, 6.07) is 11.3. The molecule has 1 unspecified atom stereocenters. The molecule has 1 aromatic heterocycles. The van der Waals surface area contributed by atoms with Gasteiger partial charge < -0.3 is 5.32 Å². The number of hydrogen-bond acceptors (Lipinski definition) is 5. The van der Waals surface area contributed by atoms with Crippen molar-refractivity contribution >= 4 is 15.7 Å². The zero-order chi connectivity index (χ0) is 16.4. The van der Waals surface area contributed by atoms with Crippen LogP contribution < -0.4 is 5.32 Å². The fourth-order valence-corrected chi connectivity index (χ4v) is 4.67. The van der Waals surface area contributed by atoms with E-state index in [1.54, 1.807) is 16.8 Å². The first-order chi connectivity index (χ1) is 11.0. The fraction of sp³-hybridized carbons (Fsp3) is 0.375. The van der Waals surface area contributed by atoms with Gasteiger partial charge >= 0.3 is 0 Å². The Morgan fingerprint density at radius 2 is 2.26 bits per heavy atom. The molecule has 2 heterocycles. The summed E-state index contributed by atoms with van der Waals surface area (Å²) in [5.41, 5.74) is 2.36. The number of nitriles is 1. The van der Waals surface area contributed by atoms with E-state index in [-0.39, 0.29) is 17.4 Å². The average molecular weight is 330 g/mol. The maximum atomic E-state index is 11.5. The van der Waals surface area contributed by atoms with Gasteiger partial charge in [-0.1, -0.05) is 6.07 Å². The van der Waals surface area contributed by atoms with Gasteiger partial charge in [-0.15, -0.1) is 0 Å². The molecule has 7 heteroatoms. The number of benzene rings is 1. The van der Waals surface area contributed by atoms with Crippen molar-refractivity contribution in [3.63, 3.8) is 0 Å². The number of rotatable bonds is 4. The zero-order valence-corrected chi connectivity index (χ0v) is 13.7. The van der Waals surface area contributed by atoms with Crippen LogP contribution in [0.25, 0.3) is 5.69 Å². The van der Waals surface area contributed by atoms with Crippen molar-refractivity contribution in [3.8, 4) is 11.8 Å². The van der Waals surface area contributed by atoms with Crippen LogP contribution in [0.1, 0.15) is 17.7 Å².